The highest BCUT2D eigenvalue weighted by atomic mass is 19.4. The Morgan fingerprint density at radius 1 is 1.14 bits per heavy atom. The summed E-state index contributed by atoms with van der Waals surface area (Å²) in [7, 11) is 0. The zero-order valence-corrected chi connectivity index (χ0v) is 15.4. The van der Waals surface area contributed by atoms with Crippen molar-refractivity contribution in [3.63, 3.8) is 0 Å². The van der Waals surface area contributed by atoms with Gasteiger partial charge in [0, 0.05) is 17.4 Å². The molecule has 4 aliphatic carbocycles. The Bertz CT molecular complexity index is 818. The van der Waals surface area contributed by atoms with Gasteiger partial charge in [-0.3, -0.25) is 4.79 Å². The third-order valence-corrected chi connectivity index (χ3v) is 6.37. The molecule has 28 heavy (non-hydrogen) atoms. The third-order valence-electron chi connectivity index (χ3n) is 6.37. The number of carbonyl (C=O) groups is 1. The van der Waals surface area contributed by atoms with Crippen molar-refractivity contribution < 1.29 is 18.0 Å². The smallest absolute Gasteiger partial charge is 0.384 e. The fourth-order valence-corrected chi connectivity index (χ4v) is 5.63. The number of nitrogens with zero attached hydrogens (tertiary/aromatic N) is 1. The second-order valence-corrected chi connectivity index (χ2v) is 8.54. The highest BCUT2D eigenvalue weighted by Gasteiger charge is 2.50. The van der Waals surface area contributed by atoms with E-state index < -0.39 is 17.6 Å². The molecule has 1 aromatic carbocycles. The van der Waals surface area contributed by atoms with Crippen LogP contribution in [0.1, 0.15) is 44.1 Å². The lowest BCUT2D eigenvalue weighted by atomic mass is 9.53. The fraction of sp³-hybridized carbons (Fsp3) is 0.524. The molecule has 0 aliphatic heterocycles. The number of halogens is 3. The summed E-state index contributed by atoms with van der Waals surface area (Å²) >= 11 is 0. The number of rotatable bonds is 4. The summed E-state index contributed by atoms with van der Waals surface area (Å²) in [6.45, 7) is 0. The molecule has 4 bridgehead atoms. The van der Waals surface area contributed by atoms with Crippen molar-refractivity contribution in [2.75, 3.05) is 5.32 Å². The molecule has 148 valence electrons. The second kappa shape index (κ2) is 6.84. The zero-order chi connectivity index (χ0) is 19.9. The predicted octanol–water partition coefficient (Wildman–Crippen LogP) is 4.61. The van der Waals surface area contributed by atoms with Crippen LogP contribution in [0.15, 0.2) is 36.0 Å². The Morgan fingerprint density at radius 2 is 1.75 bits per heavy atom. The van der Waals surface area contributed by atoms with E-state index >= 15 is 0 Å². The van der Waals surface area contributed by atoms with Gasteiger partial charge in [0.05, 0.1) is 5.56 Å². The van der Waals surface area contributed by atoms with Crippen molar-refractivity contribution in [2.24, 2.45) is 17.8 Å². The molecule has 1 amide bonds. The van der Waals surface area contributed by atoms with Gasteiger partial charge in [0.1, 0.15) is 11.6 Å². The van der Waals surface area contributed by atoms with Crippen LogP contribution < -0.4 is 10.6 Å². The first-order valence-electron chi connectivity index (χ1n) is 9.63. The van der Waals surface area contributed by atoms with Crippen molar-refractivity contribution in [1.29, 1.82) is 5.26 Å². The lowest BCUT2D eigenvalue weighted by Gasteiger charge is -2.56. The molecule has 5 rings (SSSR count). The number of anilines is 1. The molecule has 4 nitrogen and oxygen atoms in total. The van der Waals surface area contributed by atoms with Gasteiger partial charge in [0.15, 0.2) is 0 Å². The zero-order valence-electron chi connectivity index (χ0n) is 15.4. The van der Waals surface area contributed by atoms with Crippen molar-refractivity contribution in [3.05, 3.63) is 41.6 Å². The monoisotopic (exact) mass is 389 g/mol. The van der Waals surface area contributed by atoms with Crippen molar-refractivity contribution in [3.8, 4) is 6.07 Å². The van der Waals surface area contributed by atoms with Gasteiger partial charge in [0.25, 0.3) is 5.91 Å². The van der Waals surface area contributed by atoms with E-state index in [2.05, 4.69) is 10.6 Å². The Morgan fingerprint density at radius 3 is 2.29 bits per heavy atom. The summed E-state index contributed by atoms with van der Waals surface area (Å²) in [5, 5.41) is 15.1. The van der Waals surface area contributed by atoms with Crippen molar-refractivity contribution in [2.45, 2.75) is 50.2 Å². The predicted molar refractivity (Wildman–Crippen MR) is 97.8 cm³/mol. The molecule has 0 heterocycles. The highest BCUT2D eigenvalue weighted by Crippen LogP contribution is 2.55. The van der Waals surface area contributed by atoms with E-state index in [1.54, 1.807) is 0 Å². The van der Waals surface area contributed by atoms with Crippen LogP contribution in [0.25, 0.3) is 0 Å². The van der Waals surface area contributed by atoms with Gasteiger partial charge in [-0.05, 0) is 74.5 Å². The summed E-state index contributed by atoms with van der Waals surface area (Å²) in [4.78, 5) is 12.4. The van der Waals surface area contributed by atoms with E-state index in [4.69, 9.17) is 0 Å². The van der Waals surface area contributed by atoms with Gasteiger partial charge < -0.3 is 10.6 Å². The molecule has 0 spiro atoms. The standard InChI is InChI=1S/C21H22F3N3O/c22-21(23,24)17-2-1-3-18(7-17)27-19(28)16(11-25)12-26-20-8-13-4-14(9-20)6-15(5-13)10-20/h1-3,7,12-15,26H,4-6,8-10H2,(H,27,28)/b16-12-. The van der Waals surface area contributed by atoms with Gasteiger partial charge >= 0.3 is 6.18 Å². The van der Waals surface area contributed by atoms with E-state index in [0.717, 1.165) is 49.1 Å². The van der Waals surface area contributed by atoms with Crippen LogP contribution in [-0.4, -0.2) is 11.4 Å². The van der Waals surface area contributed by atoms with Crippen LogP contribution in [0.3, 0.4) is 0 Å². The van der Waals surface area contributed by atoms with Crippen LogP contribution in [0.4, 0.5) is 18.9 Å². The first kappa shape index (κ1) is 18.9. The number of nitrogens with one attached hydrogen (secondary N) is 2. The van der Waals surface area contributed by atoms with Gasteiger partial charge in [-0.15, -0.1) is 0 Å². The number of alkyl halides is 3. The summed E-state index contributed by atoms with van der Waals surface area (Å²) in [5.74, 6) is 1.45. The largest absolute Gasteiger partial charge is 0.416 e. The topological polar surface area (TPSA) is 64.9 Å². The van der Waals surface area contributed by atoms with E-state index in [0.29, 0.717) is 0 Å². The minimum atomic E-state index is -4.49. The van der Waals surface area contributed by atoms with E-state index in [-0.39, 0.29) is 16.8 Å². The molecule has 7 heteroatoms. The Kier molecular flexibility index (Phi) is 4.60. The lowest BCUT2D eigenvalue weighted by Crippen LogP contribution is -2.57. The van der Waals surface area contributed by atoms with Gasteiger partial charge in [-0.2, -0.15) is 18.4 Å². The molecule has 1 aromatic rings. The SMILES string of the molecule is N#C/C(=C/NC12CC3CC(CC(C3)C1)C2)C(=O)Nc1cccc(C(F)(F)F)c1. The number of amides is 1. The van der Waals surface area contributed by atoms with E-state index in [9.17, 15) is 23.2 Å². The Hall–Kier alpha value is -2.49. The highest BCUT2D eigenvalue weighted by molar-refractivity contribution is 6.06. The maximum atomic E-state index is 12.8. The normalized spacial score (nSPS) is 31.4. The molecule has 0 saturated heterocycles. The molecule has 0 aromatic heterocycles. The summed E-state index contributed by atoms with van der Waals surface area (Å²) < 4.78 is 38.5. The molecule has 4 aliphatic rings. The summed E-state index contributed by atoms with van der Waals surface area (Å²) in [6.07, 6.45) is 3.99. The maximum Gasteiger partial charge on any atom is 0.416 e. The van der Waals surface area contributed by atoms with Gasteiger partial charge in [-0.1, -0.05) is 6.07 Å². The number of hydrogen-bond donors (Lipinski definition) is 2. The molecule has 4 fully saturated rings. The Labute approximate surface area is 161 Å². The number of benzene rings is 1. The van der Waals surface area contributed by atoms with Crippen LogP contribution in [0.5, 0.6) is 0 Å². The second-order valence-electron chi connectivity index (χ2n) is 8.54. The minimum absolute atomic E-state index is 0.00998. The van der Waals surface area contributed by atoms with Crippen molar-refractivity contribution >= 4 is 11.6 Å². The van der Waals surface area contributed by atoms with Crippen molar-refractivity contribution in [1.82, 2.24) is 5.32 Å². The number of nitriles is 1. The molecule has 0 atom stereocenters. The Balaban J connectivity index is 1.45. The first-order valence-corrected chi connectivity index (χ1v) is 9.63. The van der Waals surface area contributed by atoms with Gasteiger partial charge in [0.2, 0.25) is 0 Å². The molecule has 4 saturated carbocycles. The molecular weight excluding hydrogens is 367 g/mol. The maximum absolute atomic E-state index is 12.8. The van der Waals surface area contributed by atoms with Crippen LogP contribution in [-0.2, 0) is 11.0 Å². The fourth-order valence-electron chi connectivity index (χ4n) is 5.63. The summed E-state index contributed by atoms with van der Waals surface area (Å²) in [6, 6.07) is 6.25. The minimum Gasteiger partial charge on any atom is -0.384 e. The molecule has 0 unspecified atom stereocenters. The third kappa shape index (κ3) is 3.73. The number of carbonyl (C=O) groups excluding carboxylic acids is 1. The van der Waals surface area contributed by atoms with E-state index in [1.165, 1.54) is 37.6 Å². The van der Waals surface area contributed by atoms with Crippen LogP contribution >= 0.6 is 0 Å². The van der Waals surface area contributed by atoms with E-state index in [1.807, 2.05) is 6.07 Å². The van der Waals surface area contributed by atoms with Crippen LogP contribution in [0, 0.1) is 29.1 Å². The van der Waals surface area contributed by atoms with Gasteiger partial charge in [-0.25, -0.2) is 0 Å². The summed E-state index contributed by atoms with van der Waals surface area (Å²) in [5.41, 5.74) is -1.02. The average Bonchev–Trinajstić information content (AvgIpc) is 2.60. The molecular formula is C21H22F3N3O. The lowest BCUT2D eigenvalue weighted by molar-refractivity contribution is -0.137. The quantitative estimate of drug-likeness (QED) is 0.584. The molecule has 2 N–H and O–H groups in total. The number of hydrogen-bond acceptors (Lipinski definition) is 3. The first-order chi connectivity index (χ1) is 13.3. The average molecular weight is 389 g/mol. The van der Waals surface area contributed by atoms with Crippen LogP contribution in [0.2, 0.25) is 0 Å². The molecule has 0 radical (unpaired) electrons.